The SMILES string of the molecule is CCOC(=O)c1cc(N)cc(Cl)c1N(CC)CCOC. The maximum atomic E-state index is 12.1. The van der Waals surface area contributed by atoms with Crippen molar-refractivity contribution in [3.05, 3.63) is 22.7 Å². The summed E-state index contributed by atoms with van der Waals surface area (Å²) in [5.74, 6) is -0.424. The molecule has 0 spiro atoms. The van der Waals surface area contributed by atoms with Gasteiger partial charge in [0.2, 0.25) is 0 Å². The van der Waals surface area contributed by atoms with Gasteiger partial charge in [0, 0.05) is 25.9 Å². The molecule has 0 heterocycles. The molecular formula is C14H21ClN2O3. The molecule has 0 bridgehead atoms. The molecule has 6 heteroatoms. The summed E-state index contributed by atoms with van der Waals surface area (Å²) in [6.45, 7) is 5.90. The minimum atomic E-state index is -0.424. The Morgan fingerprint density at radius 2 is 2.10 bits per heavy atom. The molecule has 1 aromatic carbocycles. The van der Waals surface area contributed by atoms with Crippen LogP contribution in [0.5, 0.6) is 0 Å². The van der Waals surface area contributed by atoms with Gasteiger partial charge in [-0.05, 0) is 26.0 Å². The van der Waals surface area contributed by atoms with Crippen molar-refractivity contribution in [1.82, 2.24) is 0 Å². The lowest BCUT2D eigenvalue weighted by molar-refractivity contribution is 0.0527. The van der Waals surface area contributed by atoms with Crippen molar-refractivity contribution >= 4 is 28.9 Å². The molecule has 20 heavy (non-hydrogen) atoms. The van der Waals surface area contributed by atoms with Crippen molar-refractivity contribution in [2.45, 2.75) is 13.8 Å². The Morgan fingerprint density at radius 1 is 1.40 bits per heavy atom. The van der Waals surface area contributed by atoms with Crippen LogP contribution < -0.4 is 10.6 Å². The average molecular weight is 301 g/mol. The normalized spacial score (nSPS) is 10.4. The van der Waals surface area contributed by atoms with Crippen molar-refractivity contribution in [2.75, 3.05) is 44.0 Å². The molecule has 0 aliphatic rings. The van der Waals surface area contributed by atoms with Crippen molar-refractivity contribution in [3.8, 4) is 0 Å². The smallest absolute Gasteiger partial charge is 0.340 e. The molecule has 0 fully saturated rings. The van der Waals surface area contributed by atoms with E-state index < -0.39 is 5.97 Å². The third-order valence-corrected chi connectivity index (χ3v) is 3.13. The van der Waals surface area contributed by atoms with Crippen LogP contribution in [0.25, 0.3) is 0 Å². The molecule has 0 unspecified atom stereocenters. The molecule has 0 amide bonds. The van der Waals surface area contributed by atoms with E-state index in [-0.39, 0.29) is 0 Å². The zero-order chi connectivity index (χ0) is 15.1. The van der Waals surface area contributed by atoms with Gasteiger partial charge in [0.05, 0.1) is 29.5 Å². The van der Waals surface area contributed by atoms with E-state index >= 15 is 0 Å². The number of carbonyl (C=O) groups excluding carboxylic acids is 1. The van der Waals surface area contributed by atoms with Gasteiger partial charge < -0.3 is 20.1 Å². The van der Waals surface area contributed by atoms with Crippen LogP contribution in [-0.4, -0.2) is 39.4 Å². The molecule has 0 aliphatic heterocycles. The summed E-state index contributed by atoms with van der Waals surface area (Å²) in [6.07, 6.45) is 0. The topological polar surface area (TPSA) is 64.8 Å². The molecular weight excluding hydrogens is 280 g/mol. The molecule has 0 aromatic heterocycles. The first-order chi connectivity index (χ1) is 9.54. The number of rotatable bonds is 7. The predicted molar refractivity (Wildman–Crippen MR) is 81.6 cm³/mol. The van der Waals surface area contributed by atoms with Gasteiger partial charge in [-0.25, -0.2) is 4.79 Å². The lowest BCUT2D eigenvalue weighted by atomic mass is 10.1. The molecule has 0 aliphatic carbocycles. The van der Waals surface area contributed by atoms with Gasteiger partial charge in [-0.1, -0.05) is 11.6 Å². The van der Waals surface area contributed by atoms with Crippen LogP contribution in [0.4, 0.5) is 11.4 Å². The minimum Gasteiger partial charge on any atom is -0.462 e. The highest BCUT2D eigenvalue weighted by Crippen LogP contribution is 2.33. The van der Waals surface area contributed by atoms with Gasteiger partial charge in [-0.3, -0.25) is 0 Å². The average Bonchev–Trinajstić information content (AvgIpc) is 2.41. The monoisotopic (exact) mass is 300 g/mol. The summed E-state index contributed by atoms with van der Waals surface area (Å²) >= 11 is 6.26. The first kappa shape index (κ1) is 16.6. The third-order valence-electron chi connectivity index (χ3n) is 2.84. The Bertz CT molecular complexity index is 466. The molecule has 1 aromatic rings. The lowest BCUT2D eigenvalue weighted by Crippen LogP contribution is -2.29. The molecule has 5 nitrogen and oxygen atoms in total. The molecule has 112 valence electrons. The number of nitrogens with two attached hydrogens (primary N) is 1. The van der Waals surface area contributed by atoms with Crippen molar-refractivity contribution in [3.63, 3.8) is 0 Å². The van der Waals surface area contributed by atoms with Crippen LogP contribution in [0, 0.1) is 0 Å². The number of ether oxygens (including phenoxy) is 2. The second-order valence-electron chi connectivity index (χ2n) is 4.19. The zero-order valence-electron chi connectivity index (χ0n) is 12.1. The third kappa shape index (κ3) is 4.02. The van der Waals surface area contributed by atoms with E-state index in [1.807, 2.05) is 11.8 Å². The van der Waals surface area contributed by atoms with E-state index in [4.69, 9.17) is 26.8 Å². The number of likely N-dealkylation sites (N-methyl/N-ethyl adjacent to an activating group) is 1. The van der Waals surface area contributed by atoms with Gasteiger partial charge in [0.25, 0.3) is 0 Å². The lowest BCUT2D eigenvalue weighted by Gasteiger charge is -2.26. The van der Waals surface area contributed by atoms with E-state index in [0.29, 0.717) is 48.3 Å². The Kier molecular flexibility index (Phi) is 6.61. The van der Waals surface area contributed by atoms with E-state index in [9.17, 15) is 4.79 Å². The first-order valence-electron chi connectivity index (χ1n) is 6.55. The fraction of sp³-hybridized carbons (Fsp3) is 0.500. The maximum Gasteiger partial charge on any atom is 0.340 e. The van der Waals surface area contributed by atoms with Crippen LogP contribution in [0.2, 0.25) is 5.02 Å². The summed E-state index contributed by atoms with van der Waals surface area (Å²) < 4.78 is 10.1. The van der Waals surface area contributed by atoms with Crippen LogP contribution in [0.15, 0.2) is 12.1 Å². The maximum absolute atomic E-state index is 12.1. The highest BCUT2D eigenvalue weighted by Gasteiger charge is 2.20. The number of nitrogen functional groups attached to an aromatic ring is 1. The Balaban J connectivity index is 3.23. The first-order valence-corrected chi connectivity index (χ1v) is 6.92. The molecule has 0 saturated heterocycles. The number of hydrogen-bond acceptors (Lipinski definition) is 5. The van der Waals surface area contributed by atoms with Gasteiger partial charge in [0.1, 0.15) is 0 Å². The van der Waals surface area contributed by atoms with Gasteiger partial charge in [-0.2, -0.15) is 0 Å². The molecule has 2 N–H and O–H groups in total. The van der Waals surface area contributed by atoms with Gasteiger partial charge in [-0.15, -0.1) is 0 Å². The van der Waals surface area contributed by atoms with Crippen LogP contribution in [0.1, 0.15) is 24.2 Å². The van der Waals surface area contributed by atoms with E-state index in [0.717, 1.165) is 0 Å². The summed E-state index contributed by atoms with van der Waals surface area (Å²) in [5.41, 5.74) is 7.23. The Labute approximate surface area is 124 Å². The van der Waals surface area contributed by atoms with Crippen molar-refractivity contribution in [1.29, 1.82) is 0 Å². The molecule has 0 atom stereocenters. The highest BCUT2D eigenvalue weighted by atomic mass is 35.5. The molecule has 1 rings (SSSR count). The minimum absolute atomic E-state index is 0.300. The Hall–Kier alpha value is -1.46. The summed E-state index contributed by atoms with van der Waals surface area (Å²) in [6, 6.07) is 3.23. The molecule has 0 saturated carbocycles. The van der Waals surface area contributed by atoms with E-state index in [2.05, 4.69) is 0 Å². The van der Waals surface area contributed by atoms with Gasteiger partial charge >= 0.3 is 5.97 Å². The number of halogens is 1. The number of hydrogen-bond donors (Lipinski definition) is 1. The quantitative estimate of drug-likeness (QED) is 0.619. The Morgan fingerprint density at radius 3 is 2.65 bits per heavy atom. The summed E-state index contributed by atoms with van der Waals surface area (Å²) in [7, 11) is 1.63. The van der Waals surface area contributed by atoms with Crippen molar-refractivity contribution in [2.24, 2.45) is 0 Å². The number of carbonyl (C=O) groups is 1. The van der Waals surface area contributed by atoms with E-state index in [1.165, 1.54) is 0 Å². The van der Waals surface area contributed by atoms with E-state index in [1.54, 1.807) is 26.2 Å². The number of anilines is 2. The van der Waals surface area contributed by atoms with Crippen LogP contribution in [0.3, 0.4) is 0 Å². The predicted octanol–water partition coefficient (Wildman–Crippen LogP) is 2.57. The fourth-order valence-corrected chi connectivity index (χ4v) is 2.28. The van der Waals surface area contributed by atoms with Crippen LogP contribution >= 0.6 is 11.6 Å². The number of esters is 1. The fourth-order valence-electron chi connectivity index (χ4n) is 1.94. The van der Waals surface area contributed by atoms with Crippen LogP contribution in [-0.2, 0) is 9.47 Å². The molecule has 0 radical (unpaired) electrons. The largest absolute Gasteiger partial charge is 0.462 e. The number of nitrogens with zero attached hydrogens (tertiary/aromatic N) is 1. The highest BCUT2D eigenvalue weighted by molar-refractivity contribution is 6.34. The van der Waals surface area contributed by atoms with Crippen molar-refractivity contribution < 1.29 is 14.3 Å². The summed E-state index contributed by atoms with van der Waals surface area (Å²) in [4.78, 5) is 14.0. The summed E-state index contributed by atoms with van der Waals surface area (Å²) in [5, 5.41) is 0.436. The standard InChI is InChI=1S/C14H21ClN2O3/c1-4-17(6-7-19-3)13-11(14(18)20-5-2)8-10(16)9-12(13)15/h8-9H,4-7,16H2,1-3H3. The van der Waals surface area contributed by atoms with Gasteiger partial charge in [0.15, 0.2) is 0 Å². The number of methoxy groups -OCH3 is 1. The zero-order valence-corrected chi connectivity index (χ0v) is 12.9. The number of benzene rings is 1. The second kappa shape index (κ2) is 7.97. The second-order valence-corrected chi connectivity index (χ2v) is 4.60.